The third kappa shape index (κ3) is 3.36. The molecule has 1 heterocycles. The molecule has 0 spiro atoms. The van der Waals surface area contributed by atoms with Crippen molar-refractivity contribution in [2.75, 3.05) is 5.88 Å². The van der Waals surface area contributed by atoms with Crippen molar-refractivity contribution >= 4 is 28.4 Å². The molecule has 98 valence electrons. The Hall–Kier alpha value is -0.810. The molecule has 18 heavy (non-hydrogen) atoms. The zero-order chi connectivity index (χ0) is 13.2. The Balaban J connectivity index is 1.93. The van der Waals surface area contributed by atoms with Gasteiger partial charge in [0, 0.05) is 18.2 Å². The average Bonchev–Trinajstić information content (AvgIpc) is 2.68. The Bertz CT molecular complexity index is 463. The van der Waals surface area contributed by atoms with Gasteiger partial charge in [0.25, 0.3) is 0 Å². The maximum absolute atomic E-state index is 13.0. The van der Waals surface area contributed by atoms with Crippen molar-refractivity contribution in [2.45, 2.75) is 24.7 Å². The molecule has 1 aliphatic heterocycles. The van der Waals surface area contributed by atoms with Gasteiger partial charge in [-0.05, 0) is 24.6 Å². The second-order valence-corrected chi connectivity index (χ2v) is 5.72. The largest absolute Gasteiger partial charge is 0.387 e. The maximum Gasteiger partial charge on any atom is 0.154 e. The number of nitrogens with zero attached hydrogens (tertiary/aromatic N) is 1. The molecule has 0 bridgehead atoms. The monoisotopic (exact) mass is 291 g/mol. The third-order valence-electron chi connectivity index (χ3n) is 2.50. The molecule has 0 saturated carbocycles. The van der Waals surface area contributed by atoms with Gasteiger partial charge in [-0.2, -0.15) is 0 Å². The molecule has 1 unspecified atom stereocenters. The summed E-state index contributed by atoms with van der Waals surface area (Å²) in [5, 5.41) is 4.72. The van der Waals surface area contributed by atoms with Crippen molar-refractivity contribution in [3.8, 4) is 0 Å². The minimum Gasteiger partial charge on any atom is -0.387 e. The van der Waals surface area contributed by atoms with Crippen LogP contribution in [0, 0.1) is 11.6 Å². The number of benzene rings is 1. The molecule has 0 radical (unpaired) electrons. The topological polar surface area (TPSA) is 21.6 Å². The fourth-order valence-corrected chi connectivity index (χ4v) is 2.70. The van der Waals surface area contributed by atoms with Gasteiger partial charge in [0.15, 0.2) is 5.60 Å². The Morgan fingerprint density at radius 2 is 2.06 bits per heavy atom. The molecule has 0 fully saturated rings. The average molecular weight is 292 g/mol. The number of halogens is 3. The second-order valence-electron chi connectivity index (χ2n) is 4.40. The zero-order valence-corrected chi connectivity index (χ0v) is 11.3. The molecule has 2 nitrogen and oxygen atoms in total. The van der Waals surface area contributed by atoms with E-state index in [1.807, 2.05) is 6.92 Å². The van der Waals surface area contributed by atoms with Crippen molar-refractivity contribution in [1.29, 1.82) is 0 Å². The predicted octanol–water partition coefficient (Wildman–Crippen LogP) is 3.93. The van der Waals surface area contributed by atoms with Crippen LogP contribution in [0.2, 0.25) is 0 Å². The first-order valence-electron chi connectivity index (χ1n) is 5.39. The van der Waals surface area contributed by atoms with Crippen LogP contribution in [0.25, 0.3) is 0 Å². The van der Waals surface area contributed by atoms with Gasteiger partial charge in [0.1, 0.15) is 16.7 Å². The van der Waals surface area contributed by atoms with Gasteiger partial charge in [-0.15, -0.1) is 23.4 Å². The summed E-state index contributed by atoms with van der Waals surface area (Å²) >= 11 is 7.17. The second kappa shape index (κ2) is 5.45. The van der Waals surface area contributed by atoms with E-state index in [9.17, 15) is 8.78 Å². The summed E-state index contributed by atoms with van der Waals surface area (Å²) in [4.78, 5) is 5.23. The summed E-state index contributed by atoms with van der Waals surface area (Å²) in [6.45, 7) is 1.87. The van der Waals surface area contributed by atoms with E-state index < -0.39 is 17.2 Å². The summed E-state index contributed by atoms with van der Waals surface area (Å²) in [6.07, 6.45) is 0.624. The quantitative estimate of drug-likeness (QED) is 0.787. The van der Waals surface area contributed by atoms with Crippen molar-refractivity contribution in [3.05, 3.63) is 35.4 Å². The van der Waals surface area contributed by atoms with Gasteiger partial charge >= 0.3 is 0 Å². The molecule has 0 amide bonds. The van der Waals surface area contributed by atoms with Gasteiger partial charge in [-0.25, -0.2) is 8.78 Å². The van der Waals surface area contributed by atoms with Gasteiger partial charge in [0.05, 0.1) is 5.88 Å². The smallest absolute Gasteiger partial charge is 0.154 e. The molecule has 0 saturated heterocycles. The van der Waals surface area contributed by atoms with Gasteiger partial charge < -0.3 is 4.84 Å². The third-order valence-corrected chi connectivity index (χ3v) is 4.10. The van der Waals surface area contributed by atoms with Crippen LogP contribution in [0.4, 0.5) is 8.78 Å². The number of hydrogen-bond acceptors (Lipinski definition) is 3. The highest BCUT2D eigenvalue weighted by Crippen LogP contribution is 2.30. The number of thioether (sulfide) groups is 1. The van der Waals surface area contributed by atoms with Crippen LogP contribution in [0.1, 0.15) is 18.9 Å². The van der Waals surface area contributed by atoms with Crippen LogP contribution >= 0.6 is 23.4 Å². The van der Waals surface area contributed by atoms with Crippen LogP contribution in [0.3, 0.4) is 0 Å². The lowest BCUT2D eigenvalue weighted by molar-refractivity contribution is 0.0152. The molecule has 0 N–H and O–H groups in total. The first-order valence-corrected chi connectivity index (χ1v) is 6.91. The maximum atomic E-state index is 13.0. The summed E-state index contributed by atoms with van der Waals surface area (Å²) in [6, 6.07) is 3.48. The van der Waals surface area contributed by atoms with E-state index in [1.54, 1.807) is 0 Å². The van der Waals surface area contributed by atoms with Gasteiger partial charge in [0.2, 0.25) is 0 Å². The van der Waals surface area contributed by atoms with E-state index in [4.69, 9.17) is 16.4 Å². The van der Waals surface area contributed by atoms with Gasteiger partial charge in [-0.1, -0.05) is 5.16 Å². The van der Waals surface area contributed by atoms with Crippen LogP contribution in [0.15, 0.2) is 23.4 Å². The molecule has 1 aromatic carbocycles. The highest BCUT2D eigenvalue weighted by molar-refractivity contribution is 8.13. The van der Waals surface area contributed by atoms with E-state index >= 15 is 0 Å². The molecule has 1 atom stereocenters. The van der Waals surface area contributed by atoms with E-state index in [2.05, 4.69) is 5.16 Å². The van der Waals surface area contributed by atoms with E-state index in [0.717, 1.165) is 11.1 Å². The van der Waals surface area contributed by atoms with E-state index in [-0.39, 0.29) is 0 Å². The minimum atomic E-state index is -0.569. The van der Waals surface area contributed by atoms with Crippen molar-refractivity contribution < 1.29 is 13.6 Å². The van der Waals surface area contributed by atoms with Crippen LogP contribution in [-0.4, -0.2) is 16.5 Å². The Kier molecular flexibility index (Phi) is 4.12. The molecule has 1 aromatic rings. The lowest BCUT2D eigenvalue weighted by Crippen LogP contribution is -2.26. The SMILES string of the molecule is CC1(CCl)CC(SCc2cc(F)cc(F)c2)=NO1. The first kappa shape index (κ1) is 13.6. The molecule has 0 aromatic heterocycles. The Morgan fingerprint density at radius 3 is 2.61 bits per heavy atom. The summed E-state index contributed by atoms with van der Waals surface area (Å²) in [5.41, 5.74) is 0.122. The number of alkyl halides is 1. The number of hydrogen-bond donors (Lipinski definition) is 0. The lowest BCUT2D eigenvalue weighted by Gasteiger charge is -2.16. The van der Waals surface area contributed by atoms with Crippen LogP contribution in [0.5, 0.6) is 0 Å². The Morgan fingerprint density at radius 1 is 1.39 bits per heavy atom. The summed E-state index contributed by atoms with van der Waals surface area (Å²) in [5.74, 6) is -0.327. The first-order chi connectivity index (χ1) is 8.50. The normalized spacial score (nSPS) is 22.8. The molecule has 0 aliphatic carbocycles. The highest BCUT2D eigenvalue weighted by Gasteiger charge is 2.33. The molecule has 2 rings (SSSR count). The number of oxime groups is 1. The molecular formula is C12H12ClF2NOS. The fraction of sp³-hybridized carbons (Fsp3) is 0.417. The lowest BCUT2D eigenvalue weighted by atomic mass is 10.1. The van der Waals surface area contributed by atoms with Crippen LogP contribution < -0.4 is 0 Å². The summed E-state index contributed by atoms with van der Waals surface area (Å²) < 4.78 is 26.0. The van der Waals surface area contributed by atoms with Gasteiger partial charge in [-0.3, -0.25) is 0 Å². The number of rotatable bonds is 3. The molecule has 6 heteroatoms. The fourth-order valence-electron chi connectivity index (χ4n) is 1.56. The summed E-state index contributed by atoms with van der Waals surface area (Å²) in [7, 11) is 0. The standard InChI is InChI=1S/C12H12ClF2NOS/c1-12(7-13)5-11(16-17-12)18-6-8-2-9(14)4-10(15)3-8/h2-4H,5-7H2,1H3. The van der Waals surface area contributed by atoms with Crippen molar-refractivity contribution in [2.24, 2.45) is 5.16 Å². The zero-order valence-electron chi connectivity index (χ0n) is 9.75. The van der Waals surface area contributed by atoms with Crippen molar-refractivity contribution in [3.63, 3.8) is 0 Å². The molecule has 1 aliphatic rings. The van der Waals surface area contributed by atoms with E-state index in [0.29, 0.717) is 23.6 Å². The molecular weight excluding hydrogens is 280 g/mol. The van der Waals surface area contributed by atoms with Crippen LogP contribution in [-0.2, 0) is 10.6 Å². The predicted molar refractivity (Wildman–Crippen MR) is 69.9 cm³/mol. The highest BCUT2D eigenvalue weighted by atomic mass is 35.5. The minimum absolute atomic E-state index is 0.356. The van der Waals surface area contributed by atoms with Crippen molar-refractivity contribution in [1.82, 2.24) is 0 Å². The Labute approximate surface area is 113 Å². The van der Waals surface area contributed by atoms with E-state index in [1.165, 1.54) is 23.9 Å².